The first kappa shape index (κ1) is 19.1. The smallest absolute Gasteiger partial charge is 0.310 e. The lowest BCUT2D eigenvalue weighted by Gasteiger charge is -2.11. The first-order chi connectivity index (χ1) is 13.6. The summed E-state index contributed by atoms with van der Waals surface area (Å²) >= 11 is 1.35. The molecule has 0 amide bonds. The molecule has 0 radical (unpaired) electrons. The summed E-state index contributed by atoms with van der Waals surface area (Å²) in [5.41, 5.74) is 9.78. The van der Waals surface area contributed by atoms with Crippen LogP contribution in [0.5, 0.6) is 11.5 Å². The molecule has 2 aromatic carbocycles. The molecule has 0 saturated carbocycles. The van der Waals surface area contributed by atoms with Crippen molar-refractivity contribution in [3.05, 3.63) is 69.1 Å². The monoisotopic (exact) mass is 399 g/mol. The lowest BCUT2D eigenvalue weighted by molar-refractivity contribution is -0.385. The number of methoxy groups -OCH3 is 1. The number of nitrogen functional groups attached to an aromatic ring is 1. The predicted octanol–water partition coefficient (Wildman–Crippen LogP) is 3.67. The van der Waals surface area contributed by atoms with Gasteiger partial charge in [-0.05, 0) is 29.8 Å². The van der Waals surface area contributed by atoms with Gasteiger partial charge >= 0.3 is 5.69 Å². The van der Waals surface area contributed by atoms with Gasteiger partial charge in [0.25, 0.3) is 0 Å². The van der Waals surface area contributed by atoms with Gasteiger partial charge < -0.3 is 15.2 Å². The number of nitro groups is 1. The summed E-state index contributed by atoms with van der Waals surface area (Å²) in [6.07, 6.45) is 1.62. The fraction of sp³-hybridized carbons (Fsp3) is 0.111. The van der Waals surface area contributed by atoms with Gasteiger partial charge in [-0.3, -0.25) is 15.5 Å². The third-order valence-corrected chi connectivity index (χ3v) is 4.41. The second kappa shape index (κ2) is 8.82. The number of ether oxygens (including phenoxy) is 2. The van der Waals surface area contributed by atoms with Crippen LogP contribution in [0.15, 0.2) is 52.9 Å². The molecule has 3 rings (SSSR count). The van der Waals surface area contributed by atoms with Crippen molar-refractivity contribution in [3.63, 3.8) is 0 Å². The van der Waals surface area contributed by atoms with Crippen molar-refractivity contribution in [1.82, 2.24) is 4.98 Å². The Morgan fingerprint density at radius 3 is 2.86 bits per heavy atom. The van der Waals surface area contributed by atoms with Crippen LogP contribution >= 0.6 is 11.3 Å². The summed E-state index contributed by atoms with van der Waals surface area (Å²) in [6.45, 7) is 0.103. The number of hydrogen-bond acceptors (Lipinski definition) is 9. The Hall–Kier alpha value is -3.66. The topological polar surface area (TPSA) is 125 Å². The van der Waals surface area contributed by atoms with Gasteiger partial charge in [0.1, 0.15) is 18.2 Å². The first-order valence-corrected chi connectivity index (χ1v) is 8.98. The van der Waals surface area contributed by atoms with E-state index in [9.17, 15) is 10.1 Å². The first-order valence-electron chi connectivity index (χ1n) is 8.10. The molecule has 0 spiro atoms. The molecule has 0 aliphatic rings. The average molecular weight is 399 g/mol. The van der Waals surface area contributed by atoms with Gasteiger partial charge in [0.05, 0.1) is 18.2 Å². The molecule has 9 nitrogen and oxygen atoms in total. The Morgan fingerprint density at radius 1 is 1.32 bits per heavy atom. The zero-order valence-corrected chi connectivity index (χ0v) is 15.7. The van der Waals surface area contributed by atoms with Crippen LogP contribution in [0.1, 0.15) is 11.1 Å². The van der Waals surface area contributed by atoms with Crippen molar-refractivity contribution in [3.8, 4) is 11.5 Å². The number of aromatic nitrogens is 1. The number of para-hydroxylation sites is 2. The molecule has 0 unspecified atom stereocenters. The van der Waals surface area contributed by atoms with E-state index in [0.29, 0.717) is 16.7 Å². The van der Waals surface area contributed by atoms with Gasteiger partial charge in [-0.1, -0.05) is 12.1 Å². The van der Waals surface area contributed by atoms with E-state index in [1.54, 1.807) is 43.0 Å². The summed E-state index contributed by atoms with van der Waals surface area (Å²) in [7, 11) is 1.55. The minimum absolute atomic E-state index is 0.0916. The number of rotatable bonds is 8. The number of nitrogens with two attached hydrogens (primary N) is 1. The van der Waals surface area contributed by atoms with E-state index in [0.717, 1.165) is 11.1 Å². The van der Waals surface area contributed by atoms with Crippen molar-refractivity contribution in [2.45, 2.75) is 6.61 Å². The molecular formula is C18H17N5O4S. The van der Waals surface area contributed by atoms with Gasteiger partial charge in [0.2, 0.25) is 5.13 Å². The molecule has 28 heavy (non-hydrogen) atoms. The van der Waals surface area contributed by atoms with Crippen LogP contribution in [0.4, 0.5) is 16.6 Å². The van der Waals surface area contributed by atoms with Crippen molar-refractivity contribution in [2.75, 3.05) is 18.3 Å². The number of nitrogens with one attached hydrogen (secondary N) is 1. The highest BCUT2D eigenvalue weighted by Crippen LogP contribution is 2.28. The average Bonchev–Trinajstić information content (AvgIpc) is 3.11. The van der Waals surface area contributed by atoms with Crippen LogP contribution in [0.25, 0.3) is 0 Å². The maximum atomic E-state index is 11.1. The zero-order valence-electron chi connectivity index (χ0n) is 14.9. The summed E-state index contributed by atoms with van der Waals surface area (Å²) in [4.78, 5) is 14.7. The maximum absolute atomic E-state index is 11.1. The highest BCUT2D eigenvalue weighted by Gasteiger charge is 2.14. The van der Waals surface area contributed by atoms with E-state index in [-0.39, 0.29) is 18.0 Å². The molecule has 0 saturated heterocycles. The predicted molar refractivity (Wildman–Crippen MR) is 108 cm³/mol. The van der Waals surface area contributed by atoms with E-state index in [1.165, 1.54) is 17.4 Å². The fourth-order valence-corrected chi connectivity index (χ4v) is 2.93. The van der Waals surface area contributed by atoms with E-state index in [1.807, 2.05) is 12.1 Å². The lowest BCUT2D eigenvalue weighted by atomic mass is 10.1. The standard InChI is InChI=1S/C18H17N5O4S/c1-26-15-7-6-12(9-20-22-18-21-17(19)11-28-18)8-13(15)10-27-16-5-3-2-4-14(16)23(24)25/h2-9,11H,10,19H2,1H3,(H,21,22). The summed E-state index contributed by atoms with van der Waals surface area (Å²) in [6, 6.07) is 11.7. The molecule has 3 aromatic rings. The quantitative estimate of drug-likeness (QED) is 0.336. The lowest BCUT2D eigenvalue weighted by Crippen LogP contribution is -2.02. The molecule has 0 aliphatic heterocycles. The van der Waals surface area contributed by atoms with E-state index in [2.05, 4.69) is 15.5 Å². The summed E-state index contributed by atoms with van der Waals surface area (Å²) in [5.74, 6) is 1.23. The van der Waals surface area contributed by atoms with Crippen LogP contribution in [-0.4, -0.2) is 23.2 Å². The minimum atomic E-state index is -0.479. The second-order valence-electron chi connectivity index (χ2n) is 5.53. The fourth-order valence-electron chi connectivity index (χ4n) is 2.38. The van der Waals surface area contributed by atoms with Gasteiger partial charge in [-0.2, -0.15) is 5.10 Å². The Bertz CT molecular complexity index is 1010. The number of hydrogen-bond donors (Lipinski definition) is 2. The summed E-state index contributed by atoms with van der Waals surface area (Å²) < 4.78 is 11.0. The Balaban J connectivity index is 1.73. The van der Waals surface area contributed by atoms with Crippen LogP contribution < -0.4 is 20.6 Å². The normalized spacial score (nSPS) is 10.8. The van der Waals surface area contributed by atoms with E-state index >= 15 is 0 Å². The Morgan fingerprint density at radius 2 is 2.14 bits per heavy atom. The number of nitrogens with zero attached hydrogens (tertiary/aromatic N) is 3. The maximum Gasteiger partial charge on any atom is 0.310 e. The third-order valence-electron chi connectivity index (χ3n) is 3.65. The molecule has 0 atom stereocenters. The van der Waals surface area contributed by atoms with E-state index < -0.39 is 4.92 Å². The van der Waals surface area contributed by atoms with Gasteiger partial charge in [0.15, 0.2) is 5.75 Å². The van der Waals surface area contributed by atoms with Crippen LogP contribution in [0.2, 0.25) is 0 Å². The zero-order chi connectivity index (χ0) is 19.9. The highest BCUT2D eigenvalue weighted by atomic mass is 32.1. The Labute approximate surface area is 164 Å². The van der Waals surface area contributed by atoms with Crippen LogP contribution in [-0.2, 0) is 6.61 Å². The van der Waals surface area contributed by atoms with Crippen molar-refractivity contribution < 1.29 is 14.4 Å². The Kier molecular flexibility index (Phi) is 6.02. The van der Waals surface area contributed by atoms with Crippen molar-refractivity contribution in [2.24, 2.45) is 5.10 Å². The SMILES string of the molecule is COc1ccc(C=NNc2nc(N)cs2)cc1COc1ccccc1[N+](=O)[O-]. The highest BCUT2D eigenvalue weighted by molar-refractivity contribution is 7.14. The minimum Gasteiger partial charge on any atom is -0.496 e. The largest absolute Gasteiger partial charge is 0.496 e. The number of benzene rings is 2. The summed E-state index contributed by atoms with van der Waals surface area (Å²) in [5, 5.41) is 17.5. The molecule has 10 heteroatoms. The van der Waals surface area contributed by atoms with Gasteiger partial charge in [-0.25, -0.2) is 4.98 Å². The molecule has 0 bridgehead atoms. The van der Waals surface area contributed by atoms with Gasteiger partial charge in [-0.15, -0.1) is 11.3 Å². The van der Waals surface area contributed by atoms with Crippen molar-refractivity contribution >= 4 is 34.2 Å². The van der Waals surface area contributed by atoms with Crippen LogP contribution in [0.3, 0.4) is 0 Å². The molecule has 1 aromatic heterocycles. The van der Waals surface area contributed by atoms with Gasteiger partial charge in [0, 0.05) is 17.0 Å². The van der Waals surface area contributed by atoms with E-state index in [4.69, 9.17) is 15.2 Å². The third kappa shape index (κ3) is 4.74. The molecule has 1 heterocycles. The van der Waals surface area contributed by atoms with Crippen LogP contribution in [0, 0.1) is 10.1 Å². The number of hydrazone groups is 1. The molecular weight excluding hydrogens is 382 g/mol. The molecule has 144 valence electrons. The van der Waals surface area contributed by atoms with Crippen molar-refractivity contribution in [1.29, 1.82) is 0 Å². The number of nitro benzene ring substituents is 1. The molecule has 3 N–H and O–H groups in total. The molecule has 0 fully saturated rings. The second-order valence-corrected chi connectivity index (χ2v) is 6.39. The molecule has 0 aliphatic carbocycles. The number of anilines is 2. The number of thiazole rings is 1.